The lowest BCUT2D eigenvalue weighted by Crippen LogP contribution is -2.47. The predicted molar refractivity (Wildman–Crippen MR) is 75.1 cm³/mol. The molecular formula is C13H18ClN3O2. The molecule has 19 heavy (non-hydrogen) atoms. The number of piperidine rings is 1. The SMILES string of the molecule is CC1CCN(Cc2ccc(Cl)c([N+](=O)[O-])c2)CC1N. The number of nitrogens with two attached hydrogens (primary N) is 1. The lowest BCUT2D eigenvalue weighted by Gasteiger charge is -2.35. The second-order valence-electron chi connectivity index (χ2n) is 5.21. The van der Waals surface area contributed by atoms with Crippen LogP contribution in [0.2, 0.25) is 5.02 Å². The number of nitro groups is 1. The molecule has 0 saturated carbocycles. The highest BCUT2D eigenvalue weighted by Crippen LogP contribution is 2.26. The summed E-state index contributed by atoms with van der Waals surface area (Å²) in [6, 6.07) is 5.14. The van der Waals surface area contributed by atoms with E-state index < -0.39 is 4.92 Å². The zero-order chi connectivity index (χ0) is 14.0. The van der Waals surface area contributed by atoms with E-state index in [-0.39, 0.29) is 16.8 Å². The van der Waals surface area contributed by atoms with Crippen LogP contribution in [0.4, 0.5) is 5.69 Å². The maximum atomic E-state index is 10.8. The fourth-order valence-electron chi connectivity index (χ4n) is 2.37. The van der Waals surface area contributed by atoms with Crippen LogP contribution in [0.1, 0.15) is 18.9 Å². The van der Waals surface area contributed by atoms with Crippen LogP contribution in [0.5, 0.6) is 0 Å². The van der Waals surface area contributed by atoms with Gasteiger partial charge in [-0.05, 0) is 30.5 Å². The molecule has 1 fully saturated rings. The van der Waals surface area contributed by atoms with Gasteiger partial charge in [-0.3, -0.25) is 15.0 Å². The van der Waals surface area contributed by atoms with E-state index in [2.05, 4.69) is 11.8 Å². The van der Waals surface area contributed by atoms with E-state index in [0.29, 0.717) is 12.5 Å². The first-order chi connectivity index (χ1) is 8.97. The average Bonchev–Trinajstić information content (AvgIpc) is 2.36. The van der Waals surface area contributed by atoms with Crippen molar-refractivity contribution >= 4 is 17.3 Å². The molecule has 0 amide bonds. The van der Waals surface area contributed by atoms with E-state index in [0.717, 1.165) is 25.1 Å². The second-order valence-corrected chi connectivity index (χ2v) is 5.62. The minimum atomic E-state index is -0.449. The summed E-state index contributed by atoms with van der Waals surface area (Å²) in [6.07, 6.45) is 1.07. The van der Waals surface area contributed by atoms with Gasteiger partial charge in [-0.2, -0.15) is 0 Å². The Bertz CT molecular complexity index is 481. The fourth-order valence-corrected chi connectivity index (χ4v) is 2.55. The van der Waals surface area contributed by atoms with Crippen LogP contribution < -0.4 is 5.73 Å². The normalized spacial score (nSPS) is 24.4. The van der Waals surface area contributed by atoms with E-state index >= 15 is 0 Å². The third kappa shape index (κ3) is 3.43. The number of benzene rings is 1. The van der Waals surface area contributed by atoms with Gasteiger partial charge in [0.25, 0.3) is 5.69 Å². The van der Waals surface area contributed by atoms with Gasteiger partial charge in [-0.1, -0.05) is 24.6 Å². The molecule has 1 aromatic carbocycles. The van der Waals surface area contributed by atoms with Crippen LogP contribution in [0, 0.1) is 16.0 Å². The predicted octanol–water partition coefficient (Wildman–Crippen LogP) is 2.42. The summed E-state index contributed by atoms with van der Waals surface area (Å²) in [6.45, 7) is 4.65. The van der Waals surface area contributed by atoms with E-state index in [9.17, 15) is 10.1 Å². The molecule has 6 heteroatoms. The Morgan fingerprint density at radius 1 is 1.58 bits per heavy atom. The molecule has 1 aromatic rings. The Kier molecular flexibility index (Phi) is 4.39. The van der Waals surface area contributed by atoms with Crippen molar-refractivity contribution in [2.24, 2.45) is 11.7 Å². The van der Waals surface area contributed by atoms with Gasteiger partial charge in [0.1, 0.15) is 5.02 Å². The van der Waals surface area contributed by atoms with Gasteiger partial charge >= 0.3 is 0 Å². The van der Waals surface area contributed by atoms with Gasteiger partial charge in [0.15, 0.2) is 0 Å². The zero-order valence-corrected chi connectivity index (χ0v) is 11.6. The maximum Gasteiger partial charge on any atom is 0.288 e. The van der Waals surface area contributed by atoms with Crippen molar-refractivity contribution in [3.05, 3.63) is 38.9 Å². The highest BCUT2D eigenvalue weighted by Gasteiger charge is 2.23. The van der Waals surface area contributed by atoms with E-state index in [1.807, 2.05) is 6.07 Å². The molecule has 0 bridgehead atoms. The minimum Gasteiger partial charge on any atom is -0.326 e. The molecule has 2 N–H and O–H groups in total. The molecule has 1 aliphatic rings. The topological polar surface area (TPSA) is 72.4 Å². The number of rotatable bonds is 3. The Labute approximate surface area is 117 Å². The van der Waals surface area contributed by atoms with Crippen LogP contribution in [0.25, 0.3) is 0 Å². The Balaban J connectivity index is 2.07. The number of halogens is 1. The highest BCUT2D eigenvalue weighted by molar-refractivity contribution is 6.32. The first-order valence-electron chi connectivity index (χ1n) is 6.38. The van der Waals surface area contributed by atoms with Crippen LogP contribution in [-0.4, -0.2) is 29.0 Å². The lowest BCUT2D eigenvalue weighted by molar-refractivity contribution is -0.384. The lowest BCUT2D eigenvalue weighted by atomic mass is 9.94. The smallest absolute Gasteiger partial charge is 0.288 e. The van der Waals surface area contributed by atoms with Gasteiger partial charge in [-0.15, -0.1) is 0 Å². The van der Waals surface area contributed by atoms with Crippen LogP contribution in [0.3, 0.4) is 0 Å². The van der Waals surface area contributed by atoms with Crippen molar-refractivity contribution in [2.45, 2.75) is 25.9 Å². The van der Waals surface area contributed by atoms with Gasteiger partial charge in [-0.25, -0.2) is 0 Å². The number of hydrogen-bond acceptors (Lipinski definition) is 4. The summed E-state index contributed by atoms with van der Waals surface area (Å²) in [5, 5.41) is 11.0. The van der Waals surface area contributed by atoms with Crippen molar-refractivity contribution in [3.63, 3.8) is 0 Å². The Morgan fingerprint density at radius 3 is 2.95 bits per heavy atom. The van der Waals surface area contributed by atoms with Crippen molar-refractivity contribution in [3.8, 4) is 0 Å². The molecule has 1 saturated heterocycles. The molecule has 0 aromatic heterocycles. The summed E-state index contributed by atoms with van der Waals surface area (Å²) in [5.41, 5.74) is 6.92. The molecule has 0 spiro atoms. The summed E-state index contributed by atoms with van der Waals surface area (Å²) in [7, 11) is 0. The fraction of sp³-hybridized carbons (Fsp3) is 0.538. The molecule has 2 atom stereocenters. The summed E-state index contributed by atoms with van der Waals surface area (Å²) < 4.78 is 0. The number of nitro benzene ring substituents is 1. The maximum absolute atomic E-state index is 10.8. The largest absolute Gasteiger partial charge is 0.326 e. The van der Waals surface area contributed by atoms with Gasteiger partial charge in [0.05, 0.1) is 4.92 Å². The molecule has 0 aliphatic carbocycles. The van der Waals surface area contributed by atoms with Crippen LogP contribution in [0.15, 0.2) is 18.2 Å². The summed E-state index contributed by atoms with van der Waals surface area (Å²) in [5.74, 6) is 0.538. The Morgan fingerprint density at radius 2 is 2.32 bits per heavy atom. The second kappa shape index (κ2) is 5.86. The molecular weight excluding hydrogens is 266 g/mol. The summed E-state index contributed by atoms with van der Waals surface area (Å²) in [4.78, 5) is 12.6. The first kappa shape index (κ1) is 14.2. The molecule has 104 valence electrons. The molecule has 2 unspecified atom stereocenters. The minimum absolute atomic E-state index is 0.0335. The molecule has 1 heterocycles. The van der Waals surface area contributed by atoms with Gasteiger partial charge < -0.3 is 5.73 Å². The summed E-state index contributed by atoms with van der Waals surface area (Å²) >= 11 is 5.80. The molecule has 1 aliphatic heterocycles. The molecule has 5 nitrogen and oxygen atoms in total. The van der Waals surface area contributed by atoms with Crippen LogP contribution in [-0.2, 0) is 6.54 Å². The number of nitrogens with zero attached hydrogens (tertiary/aromatic N) is 2. The van der Waals surface area contributed by atoms with Crippen molar-refractivity contribution in [2.75, 3.05) is 13.1 Å². The third-order valence-corrected chi connectivity index (χ3v) is 4.03. The van der Waals surface area contributed by atoms with Crippen LogP contribution >= 0.6 is 11.6 Å². The highest BCUT2D eigenvalue weighted by atomic mass is 35.5. The average molecular weight is 284 g/mol. The number of hydrogen-bond donors (Lipinski definition) is 1. The monoisotopic (exact) mass is 283 g/mol. The first-order valence-corrected chi connectivity index (χ1v) is 6.76. The standard InChI is InChI=1S/C13H18ClN3O2/c1-9-4-5-16(8-12(9)15)7-10-2-3-11(14)13(6-10)17(18)19/h2-3,6,9,12H,4-5,7-8,15H2,1H3. The van der Waals surface area contributed by atoms with E-state index in [1.54, 1.807) is 12.1 Å². The van der Waals surface area contributed by atoms with E-state index in [1.165, 1.54) is 0 Å². The quantitative estimate of drug-likeness (QED) is 0.683. The number of likely N-dealkylation sites (tertiary alicyclic amines) is 1. The molecule has 0 radical (unpaired) electrons. The third-order valence-electron chi connectivity index (χ3n) is 3.71. The van der Waals surface area contributed by atoms with Gasteiger partial charge in [0, 0.05) is 25.2 Å². The van der Waals surface area contributed by atoms with Gasteiger partial charge in [0.2, 0.25) is 0 Å². The van der Waals surface area contributed by atoms with E-state index in [4.69, 9.17) is 17.3 Å². The van der Waals surface area contributed by atoms with Crippen molar-refractivity contribution in [1.82, 2.24) is 4.90 Å². The molecule has 2 rings (SSSR count). The van der Waals surface area contributed by atoms with Crippen molar-refractivity contribution < 1.29 is 4.92 Å². The Hall–Kier alpha value is -1.17. The zero-order valence-electron chi connectivity index (χ0n) is 10.9. The van der Waals surface area contributed by atoms with Crippen molar-refractivity contribution in [1.29, 1.82) is 0 Å².